The molecule has 0 N–H and O–H groups in total. The Labute approximate surface area is 108 Å². The average Bonchev–Trinajstić information content (AvgIpc) is 2.37. The van der Waals surface area contributed by atoms with E-state index >= 15 is 0 Å². The summed E-state index contributed by atoms with van der Waals surface area (Å²) in [7, 11) is 0. The first-order valence-corrected chi connectivity index (χ1v) is 5.35. The Kier molecular flexibility index (Phi) is 3.76. The van der Waals surface area contributed by atoms with Crippen LogP contribution in [0, 0.1) is 35.9 Å². The van der Waals surface area contributed by atoms with E-state index in [4.69, 9.17) is 11.2 Å². The number of rotatable bonds is 3. The zero-order chi connectivity index (χ0) is 13.8. The smallest absolute Gasteiger partial charge is 0.189 e. The number of halogens is 3. The van der Waals surface area contributed by atoms with Gasteiger partial charge in [-0.2, -0.15) is 0 Å². The highest BCUT2D eigenvalue weighted by Crippen LogP contribution is 2.26. The summed E-state index contributed by atoms with van der Waals surface area (Å²) in [6.07, 6.45) is 3.94. The molecule has 95 valence electrons. The van der Waals surface area contributed by atoms with Gasteiger partial charge in [-0.15, -0.1) is 6.42 Å². The number of hydrogen-bond donors (Lipinski definition) is 0. The third kappa shape index (κ3) is 2.89. The maximum atomic E-state index is 13.6. The summed E-state index contributed by atoms with van der Waals surface area (Å²) in [5.74, 6) is -0.701. The van der Waals surface area contributed by atoms with Crippen molar-refractivity contribution in [3.05, 3.63) is 65.5 Å². The molecule has 0 saturated carbocycles. The molecule has 0 bridgehead atoms. The molecule has 2 rings (SSSR count). The average molecular weight is 261 g/mol. The van der Waals surface area contributed by atoms with E-state index in [1.54, 1.807) is 24.3 Å². The standard InChI is InChI=1S/C15H8F3O/c1-2-14(19-11-6-4-3-5-7-11)15-12(17)8-10(16)9-13(15)18/h1,4-9,14H. The second kappa shape index (κ2) is 5.49. The molecule has 0 aliphatic carbocycles. The molecule has 4 heteroatoms. The van der Waals surface area contributed by atoms with Crippen molar-refractivity contribution in [1.82, 2.24) is 0 Å². The van der Waals surface area contributed by atoms with Gasteiger partial charge in [-0.05, 0) is 18.2 Å². The summed E-state index contributed by atoms with van der Waals surface area (Å²) < 4.78 is 45.3. The van der Waals surface area contributed by atoms with E-state index in [-0.39, 0.29) is 0 Å². The zero-order valence-electron chi connectivity index (χ0n) is 9.66. The number of benzene rings is 2. The van der Waals surface area contributed by atoms with E-state index in [9.17, 15) is 13.2 Å². The largest absolute Gasteiger partial charge is 0.473 e. The van der Waals surface area contributed by atoms with Gasteiger partial charge in [0, 0.05) is 12.1 Å². The van der Waals surface area contributed by atoms with E-state index in [1.165, 1.54) is 0 Å². The summed E-state index contributed by atoms with van der Waals surface area (Å²) in [4.78, 5) is 0. The lowest BCUT2D eigenvalue weighted by Gasteiger charge is -2.15. The second-order valence-corrected chi connectivity index (χ2v) is 3.68. The Morgan fingerprint density at radius 3 is 2.21 bits per heavy atom. The van der Waals surface area contributed by atoms with Crippen LogP contribution in [-0.2, 0) is 0 Å². The first-order valence-electron chi connectivity index (χ1n) is 5.35. The molecule has 0 amide bonds. The van der Waals surface area contributed by atoms with Gasteiger partial charge in [0.05, 0.1) is 5.56 Å². The Hall–Kier alpha value is -2.41. The van der Waals surface area contributed by atoms with Crippen LogP contribution in [0.15, 0.2) is 36.4 Å². The van der Waals surface area contributed by atoms with Crippen molar-refractivity contribution >= 4 is 0 Å². The monoisotopic (exact) mass is 261 g/mol. The minimum Gasteiger partial charge on any atom is -0.473 e. The van der Waals surface area contributed by atoms with Crippen LogP contribution < -0.4 is 4.74 Å². The quantitative estimate of drug-likeness (QED) is 0.766. The SMILES string of the molecule is C#CC(Oc1cc[c]cc1)c1c(F)cc(F)cc1F. The highest BCUT2D eigenvalue weighted by molar-refractivity contribution is 5.31. The first-order chi connectivity index (χ1) is 9.11. The van der Waals surface area contributed by atoms with E-state index < -0.39 is 29.1 Å². The fourth-order valence-corrected chi connectivity index (χ4v) is 1.57. The van der Waals surface area contributed by atoms with E-state index in [2.05, 4.69) is 12.0 Å². The molecular formula is C15H8F3O. The third-order valence-corrected chi connectivity index (χ3v) is 2.40. The van der Waals surface area contributed by atoms with Crippen molar-refractivity contribution in [2.24, 2.45) is 0 Å². The van der Waals surface area contributed by atoms with Crippen molar-refractivity contribution in [2.75, 3.05) is 0 Å². The summed E-state index contributed by atoms with van der Waals surface area (Å²) in [6, 6.07) is 10.1. The molecule has 0 saturated heterocycles. The molecule has 0 aromatic heterocycles. The van der Waals surface area contributed by atoms with E-state index in [0.717, 1.165) is 0 Å². The van der Waals surface area contributed by atoms with Gasteiger partial charge in [0.25, 0.3) is 0 Å². The molecule has 0 spiro atoms. The molecule has 0 heterocycles. The number of hydrogen-bond acceptors (Lipinski definition) is 1. The lowest BCUT2D eigenvalue weighted by atomic mass is 10.1. The lowest BCUT2D eigenvalue weighted by Crippen LogP contribution is -2.10. The van der Waals surface area contributed by atoms with Gasteiger partial charge in [0.2, 0.25) is 0 Å². The van der Waals surface area contributed by atoms with Crippen LogP contribution in [0.1, 0.15) is 11.7 Å². The van der Waals surface area contributed by atoms with Crippen molar-refractivity contribution in [2.45, 2.75) is 6.10 Å². The molecule has 2 aromatic rings. The summed E-state index contributed by atoms with van der Waals surface area (Å²) >= 11 is 0. The van der Waals surface area contributed by atoms with Gasteiger partial charge in [0.15, 0.2) is 6.10 Å². The Bertz CT molecular complexity index is 594. The topological polar surface area (TPSA) is 9.23 Å². The zero-order valence-corrected chi connectivity index (χ0v) is 9.66. The fourth-order valence-electron chi connectivity index (χ4n) is 1.57. The van der Waals surface area contributed by atoms with E-state index in [1.807, 2.05) is 0 Å². The van der Waals surface area contributed by atoms with Crippen molar-refractivity contribution in [3.8, 4) is 18.1 Å². The van der Waals surface area contributed by atoms with Gasteiger partial charge in [-0.25, -0.2) is 13.2 Å². The van der Waals surface area contributed by atoms with Crippen LogP contribution in [0.25, 0.3) is 0 Å². The van der Waals surface area contributed by atoms with Gasteiger partial charge >= 0.3 is 0 Å². The van der Waals surface area contributed by atoms with Crippen LogP contribution >= 0.6 is 0 Å². The van der Waals surface area contributed by atoms with Crippen LogP contribution in [0.3, 0.4) is 0 Å². The van der Waals surface area contributed by atoms with Crippen LogP contribution in [0.2, 0.25) is 0 Å². The molecule has 1 radical (unpaired) electrons. The molecular weight excluding hydrogens is 253 g/mol. The number of ether oxygens (including phenoxy) is 1. The van der Waals surface area contributed by atoms with Gasteiger partial charge in [0.1, 0.15) is 23.2 Å². The fraction of sp³-hybridized carbons (Fsp3) is 0.0667. The molecule has 0 fully saturated rings. The molecule has 1 unspecified atom stereocenters. The van der Waals surface area contributed by atoms with Crippen molar-refractivity contribution in [3.63, 3.8) is 0 Å². The Morgan fingerprint density at radius 1 is 1.11 bits per heavy atom. The lowest BCUT2D eigenvalue weighted by molar-refractivity contribution is 0.252. The normalized spacial score (nSPS) is 11.7. The maximum Gasteiger partial charge on any atom is 0.189 e. The van der Waals surface area contributed by atoms with E-state index in [0.29, 0.717) is 17.9 Å². The summed E-state index contributed by atoms with van der Waals surface area (Å²) in [6.45, 7) is 0. The molecule has 0 aliphatic heterocycles. The van der Waals surface area contributed by atoms with Gasteiger partial charge in [-0.3, -0.25) is 0 Å². The highest BCUT2D eigenvalue weighted by atomic mass is 19.1. The number of terminal acetylenes is 1. The first kappa shape index (κ1) is 13.0. The summed E-state index contributed by atoms with van der Waals surface area (Å²) in [5, 5.41) is 0. The molecule has 1 nitrogen and oxygen atoms in total. The minimum atomic E-state index is -1.28. The molecule has 0 aliphatic rings. The molecule has 1 atom stereocenters. The third-order valence-electron chi connectivity index (χ3n) is 2.40. The predicted molar refractivity (Wildman–Crippen MR) is 63.8 cm³/mol. The van der Waals surface area contributed by atoms with Gasteiger partial charge in [-0.1, -0.05) is 18.1 Å². The molecule has 2 aromatic carbocycles. The molecule has 19 heavy (non-hydrogen) atoms. The van der Waals surface area contributed by atoms with Crippen LogP contribution in [-0.4, -0.2) is 0 Å². The summed E-state index contributed by atoms with van der Waals surface area (Å²) in [5.41, 5.74) is -0.489. The minimum absolute atomic E-state index is 0.338. The van der Waals surface area contributed by atoms with Crippen LogP contribution in [0.4, 0.5) is 13.2 Å². The van der Waals surface area contributed by atoms with Crippen LogP contribution in [0.5, 0.6) is 5.75 Å². The highest BCUT2D eigenvalue weighted by Gasteiger charge is 2.21. The Balaban J connectivity index is 2.36. The van der Waals surface area contributed by atoms with Crippen molar-refractivity contribution < 1.29 is 17.9 Å². The Morgan fingerprint density at radius 2 is 1.68 bits per heavy atom. The predicted octanol–water partition coefficient (Wildman–Crippen LogP) is 3.66. The maximum absolute atomic E-state index is 13.6. The van der Waals surface area contributed by atoms with Gasteiger partial charge < -0.3 is 4.74 Å². The second-order valence-electron chi connectivity index (χ2n) is 3.68. The van der Waals surface area contributed by atoms with Crippen molar-refractivity contribution in [1.29, 1.82) is 0 Å².